The molecule has 0 spiro atoms. The molecule has 6 heteroatoms. The Morgan fingerprint density at radius 2 is 1.91 bits per heavy atom. The van der Waals surface area contributed by atoms with Gasteiger partial charge in [0, 0.05) is 4.47 Å². The van der Waals surface area contributed by atoms with Crippen LogP contribution < -0.4 is 9.47 Å². The van der Waals surface area contributed by atoms with Gasteiger partial charge in [-0.3, -0.25) is 0 Å². The van der Waals surface area contributed by atoms with Crippen molar-refractivity contribution >= 4 is 33.9 Å². The molecule has 2 aliphatic rings. The third-order valence-electron chi connectivity index (χ3n) is 3.42. The zero-order valence-corrected chi connectivity index (χ0v) is 13.4. The minimum absolute atomic E-state index is 0.210. The Balaban J connectivity index is 1.69. The van der Waals surface area contributed by atoms with E-state index in [1.165, 1.54) is 0 Å². The first kappa shape index (κ1) is 14.0. The second-order valence-corrected chi connectivity index (χ2v) is 5.78. The number of halogens is 1. The number of esters is 1. The normalized spacial score (nSPS) is 17.3. The standard InChI is InChI=1S/C17H10BrNO4/c18-12-4-2-1-3-11(12)16-19-13(17(20)23-16)7-10-5-6-14-15(8-10)22-9-21-14/h1-8H,9H2. The highest BCUT2D eigenvalue weighted by atomic mass is 79.9. The Labute approximate surface area is 140 Å². The van der Waals surface area contributed by atoms with E-state index < -0.39 is 5.97 Å². The van der Waals surface area contributed by atoms with E-state index in [0.717, 1.165) is 15.6 Å². The Bertz CT molecular complexity index is 873. The van der Waals surface area contributed by atoms with Crippen molar-refractivity contribution in [3.8, 4) is 11.5 Å². The zero-order valence-electron chi connectivity index (χ0n) is 11.8. The molecule has 0 fully saturated rings. The van der Waals surface area contributed by atoms with Crippen LogP contribution in [0.25, 0.3) is 6.08 Å². The Morgan fingerprint density at radius 1 is 1.09 bits per heavy atom. The molecule has 0 bridgehead atoms. The molecule has 23 heavy (non-hydrogen) atoms. The van der Waals surface area contributed by atoms with E-state index in [2.05, 4.69) is 20.9 Å². The molecule has 0 unspecified atom stereocenters. The number of hydrogen-bond acceptors (Lipinski definition) is 5. The van der Waals surface area contributed by atoms with Crippen molar-refractivity contribution in [1.82, 2.24) is 0 Å². The highest BCUT2D eigenvalue weighted by Crippen LogP contribution is 2.33. The lowest BCUT2D eigenvalue weighted by molar-refractivity contribution is -0.129. The van der Waals surface area contributed by atoms with E-state index in [-0.39, 0.29) is 18.4 Å². The largest absolute Gasteiger partial charge is 0.454 e. The number of ether oxygens (including phenoxy) is 3. The second-order valence-electron chi connectivity index (χ2n) is 4.93. The predicted molar refractivity (Wildman–Crippen MR) is 87.3 cm³/mol. The van der Waals surface area contributed by atoms with Gasteiger partial charge in [0.05, 0.1) is 5.56 Å². The third-order valence-corrected chi connectivity index (χ3v) is 4.12. The molecule has 2 aromatic carbocycles. The fourth-order valence-electron chi connectivity index (χ4n) is 2.32. The molecule has 5 nitrogen and oxygen atoms in total. The molecule has 0 aliphatic carbocycles. The highest BCUT2D eigenvalue weighted by Gasteiger charge is 2.25. The van der Waals surface area contributed by atoms with Gasteiger partial charge in [-0.25, -0.2) is 9.79 Å². The Hall–Kier alpha value is -2.60. The first-order valence-corrected chi connectivity index (χ1v) is 7.67. The van der Waals surface area contributed by atoms with E-state index in [9.17, 15) is 4.79 Å². The van der Waals surface area contributed by atoms with Crippen molar-refractivity contribution < 1.29 is 19.0 Å². The molecule has 2 aromatic rings. The molecule has 0 N–H and O–H groups in total. The maximum atomic E-state index is 12.0. The van der Waals surface area contributed by atoms with Crippen LogP contribution in [0.2, 0.25) is 0 Å². The predicted octanol–water partition coefficient (Wildman–Crippen LogP) is 3.52. The van der Waals surface area contributed by atoms with E-state index in [0.29, 0.717) is 11.5 Å². The van der Waals surface area contributed by atoms with Gasteiger partial charge in [-0.05, 0) is 51.8 Å². The molecular weight excluding hydrogens is 362 g/mol. The number of carbonyl (C=O) groups is 1. The molecular formula is C17H10BrNO4. The van der Waals surface area contributed by atoms with Crippen LogP contribution in [-0.2, 0) is 9.53 Å². The van der Waals surface area contributed by atoms with Gasteiger partial charge in [0.15, 0.2) is 17.2 Å². The Kier molecular flexibility index (Phi) is 3.38. The first-order valence-electron chi connectivity index (χ1n) is 6.88. The van der Waals surface area contributed by atoms with E-state index in [4.69, 9.17) is 14.2 Å². The lowest BCUT2D eigenvalue weighted by Gasteiger charge is -2.01. The van der Waals surface area contributed by atoms with Gasteiger partial charge >= 0.3 is 5.97 Å². The van der Waals surface area contributed by atoms with Gasteiger partial charge < -0.3 is 14.2 Å². The second kappa shape index (κ2) is 5.55. The number of cyclic esters (lactones) is 1. The van der Waals surface area contributed by atoms with Crippen LogP contribution in [0.15, 0.2) is 57.6 Å². The summed E-state index contributed by atoms with van der Waals surface area (Å²) in [7, 11) is 0. The van der Waals surface area contributed by atoms with Gasteiger partial charge in [0.2, 0.25) is 12.7 Å². The smallest absolute Gasteiger partial charge is 0.363 e. The molecule has 0 radical (unpaired) electrons. The lowest BCUT2D eigenvalue weighted by atomic mass is 10.1. The van der Waals surface area contributed by atoms with E-state index in [1.54, 1.807) is 18.2 Å². The highest BCUT2D eigenvalue weighted by molar-refractivity contribution is 9.10. The lowest BCUT2D eigenvalue weighted by Crippen LogP contribution is -2.05. The fourth-order valence-corrected chi connectivity index (χ4v) is 2.77. The molecule has 0 aromatic heterocycles. The molecule has 0 atom stereocenters. The summed E-state index contributed by atoms with van der Waals surface area (Å²) in [6, 6.07) is 12.9. The van der Waals surface area contributed by atoms with Crippen LogP contribution in [0.3, 0.4) is 0 Å². The van der Waals surface area contributed by atoms with Gasteiger partial charge in [-0.1, -0.05) is 18.2 Å². The van der Waals surface area contributed by atoms with Crippen LogP contribution in [0.4, 0.5) is 0 Å². The van der Waals surface area contributed by atoms with Crippen molar-refractivity contribution in [2.45, 2.75) is 0 Å². The number of fused-ring (bicyclic) bond motifs is 1. The van der Waals surface area contributed by atoms with Gasteiger partial charge in [0.25, 0.3) is 0 Å². The topological polar surface area (TPSA) is 57.1 Å². The number of carbonyl (C=O) groups excluding carboxylic acids is 1. The molecule has 0 amide bonds. The number of nitrogens with zero attached hydrogens (tertiary/aromatic N) is 1. The third kappa shape index (κ3) is 2.61. The minimum atomic E-state index is -0.478. The first-order chi connectivity index (χ1) is 11.2. The van der Waals surface area contributed by atoms with Gasteiger partial charge in [-0.2, -0.15) is 0 Å². The van der Waals surface area contributed by atoms with E-state index in [1.807, 2.05) is 30.3 Å². The van der Waals surface area contributed by atoms with Crippen molar-refractivity contribution in [3.05, 3.63) is 63.8 Å². The number of aliphatic imine (C=N–C) groups is 1. The van der Waals surface area contributed by atoms with Gasteiger partial charge in [-0.15, -0.1) is 0 Å². The molecule has 114 valence electrons. The summed E-state index contributed by atoms with van der Waals surface area (Å²) in [5.41, 5.74) is 1.77. The summed E-state index contributed by atoms with van der Waals surface area (Å²) in [5, 5.41) is 0. The fraction of sp³-hybridized carbons (Fsp3) is 0.0588. The van der Waals surface area contributed by atoms with Crippen molar-refractivity contribution in [3.63, 3.8) is 0 Å². The maximum absolute atomic E-state index is 12.0. The van der Waals surface area contributed by atoms with Crippen molar-refractivity contribution in [2.75, 3.05) is 6.79 Å². The molecule has 2 heterocycles. The number of rotatable bonds is 2. The van der Waals surface area contributed by atoms with Gasteiger partial charge in [0.1, 0.15) is 0 Å². The summed E-state index contributed by atoms with van der Waals surface area (Å²) in [6.45, 7) is 0.210. The molecule has 0 saturated heterocycles. The quantitative estimate of drug-likeness (QED) is 0.598. The SMILES string of the molecule is O=C1OC(c2ccccc2Br)=NC1=Cc1ccc2c(c1)OCO2. The summed E-state index contributed by atoms with van der Waals surface area (Å²) in [5.74, 6) is 1.15. The average Bonchev–Trinajstić information content (AvgIpc) is 3.14. The van der Waals surface area contributed by atoms with Crippen LogP contribution >= 0.6 is 15.9 Å². The minimum Gasteiger partial charge on any atom is -0.454 e. The van der Waals surface area contributed by atoms with Crippen LogP contribution in [0.1, 0.15) is 11.1 Å². The number of hydrogen-bond donors (Lipinski definition) is 0. The van der Waals surface area contributed by atoms with Crippen LogP contribution in [-0.4, -0.2) is 18.7 Å². The zero-order chi connectivity index (χ0) is 15.8. The van der Waals surface area contributed by atoms with Crippen molar-refractivity contribution in [2.24, 2.45) is 4.99 Å². The maximum Gasteiger partial charge on any atom is 0.363 e. The van der Waals surface area contributed by atoms with Crippen LogP contribution in [0, 0.1) is 0 Å². The molecule has 4 rings (SSSR count). The van der Waals surface area contributed by atoms with Crippen LogP contribution in [0.5, 0.6) is 11.5 Å². The van der Waals surface area contributed by atoms with E-state index >= 15 is 0 Å². The summed E-state index contributed by atoms with van der Waals surface area (Å²) >= 11 is 3.42. The molecule has 2 aliphatic heterocycles. The average molecular weight is 372 g/mol. The Morgan fingerprint density at radius 3 is 2.78 bits per heavy atom. The summed E-state index contributed by atoms with van der Waals surface area (Å²) in [4.78, 5) is 16.3. The summed E-state index contributed by atoms with van der Waals surface area (Å²) in [6.07, 6.45) is 1.66. The monoisotopic (exact) mass is 371 g/mol. The number of benzene rings is 2. The summed E-state index contributed by atoms with van der Waals surface area (Å²) < 4.78 is 16.7. The van der Waals surface area contributed by atoms with Crippen molar-refractivity contribution in [1.29, 1.82) is 0 Å². The molecule has 0 saturated carbocycles.